The van der Waals surface area contributed by atoms with Crippen LogP contribution in [0.3, 0.4) is 0 Å². The summed E-state index contributed by atoms with van der Waals surface area (Å²) in [5, 5.41) is 3.91. The lowest BCUT2D eigenvalue weighted by atomic mass is 10.2. The first-order valence-corrected chi connectivity index (χ1v) is 5.16. The van der Waals surface area contributed by atoms with E-state index in [0.29, 0.717) is 17.1 Å². The van der Waals surface area contributed by atoms with Crippen molar-refractivity contribution in [2.75, 3.05) is 0 Å². The first-order valence-electron chi connectivity index (χ1n) is 4.78. The molecule has 0 aliphatic heterocycles. The summed E-state index contributed by atoms with van der Waals surface area (Å²) in [7, 11) is 0. The van der Waals surface area contributed by atoms with Crippen LogP contribution in [0.25, 0.3) is 0 Å². The van der Waals surface area contributed by atoms with Crippen molar-refractivity contribution in [3.05, 3.63) is 34.6 Å². The average molecular weight is 214 g/mol. The van der Waals surface area contributed by atoms with Gasteiger partial charge in [-0.3, -0.25) is 0 Å². The molecular formula is C11H13ClFN. The van der Waals surface area contributed by atoms with Crippen LogP contribution in [0.15, 0.2) is 18.2 Å². The molecule has 0 radical (unpaired) electrons. The molecule has 0 amide bonds. The Labute approximate surface area is 88.3 Å². The lowest BCUT2D eigenvalue weighted by Gasteiger charge is -2.11. The normalized spacial score (nSPS) is 18.2. The molecule has 76 valence electrons. The van der Waals surface area contributed by atoms with Crippen molar-refractivity contribution in [1.29, 1.82) is 0 Å². The SMILES string of the molecule is CC1(NCc2cc(Cl)ccc2F)CC1. The topological polar surface area (TPSA) is 12.0 Å². The Kier molecular flexibility index (Phi) is 2.50. The second-order valence-electron chi connectivity index (χ2n) is 4.15. The molecule has 1 fully saturated rings. The van der Waals surface area contributed by atoms with Gasteiger partial charge in [-0.25, -0.2) is 4.39 Å². The number of hydrogen-bond acceptors (Lipinski definition) is 1. The second-order valence-corrected chi connectivity index (χ2v) is 4.59. The Balaban J connectivity index is 2.04. The molecule has 0 aromatic heterocycles. The lowest BCUT2D eigenvalue weighted by Crippen LogP contribution is -2.27. The van der Waals surface area contributed by atoms with E-state index in [1.807, 2.05) is 0 Å². The summed E-state index contributed by atoms with van der Waals surface area (Å²) >= 11 is 5.79. The number of nitrogens with one attached hydrogen (secondary N) is 1. The van der Waals surface area contributed by atoms with E-state index in [2.05, 4.69) is 12.2 Å². The van der Waals surface area contributed by atoms with E-state index in [0.717, 1.165) is 0 Å². The van der Waals surface area contributed by atoms with E-state index in [1.165, 1.54) is 18.9 Å². The first kappa shape index (κ1) is 9.94. The highest BCUT2D eigenvalue weighted by atomic mass is 35.5. The van der Waals surface area contributed by atoms with E-state index in [1.54, 1.807) is 12.1 Å². The maximum atomic E-state index is 13.3. The van der Waals surface area contributed by atoms with Gasteiger partial charge in [-0.15, -0.1) is 0 Å². The second kappa shape index (κ2) is 3.52. The molecule has 1 aromatic rings. The summed E-state index contributed by atoms with van der Waals surface area (Å²) in [6, 6.07) is 4.66. The third kappa shape index (κ3) is 2.25. The highest BCUT2D eigenvalue weighted by Crippen LogP contribution is 2.34. The quantitative estimate of drug-likeness (QED) is 0.814. The van der Waals surface area contributed by atoms with Crippen LogP contribution >= 0.6 is 11.6 Å². The third-order valence-electron chi connectivity index (χ3n) is 2.71. The monoisotopic (exact) mass is 213 g/mol. The van der Waals surface area contributed by atoms with Crippen molar-refractivity contribution >= 4 is 11.6 Å². The maximum Gasteiger partial charge on any atom is 0.127 e. The van der Waals surface area contributed by atoms with Crippen molar-refractivity contribution < 1.29 is 4.39 Å². The van der Waals surface area contributed by atoms with Gasteiger partial charge in [0, 0.05) is 22.7 Å². The van der Waals surface area contributed by atoms with Gasteiger partial charge in [0.25, 0.3) is 0 Å². The van der Waals surface area contributed by atoms with Gasteiger partial charge >= 0.3 is 0 Å². The van der Waals surface area contributed by atoms with E-state index >= 15 is 0 Å². The van der Waals surface area contributed by atoms with Gasteiger partial charge in [-0.1, -0.05) is 11.6 Å². The average Bonchev–Trinajstić information content (AvgIpc) is 2.87. The van der Waals surface area contributed by atoms with Crippen LogP contribution < -0.4 is 5.32 Å². The molecule has 1 aromatic carbocycles. The summed E-state index contributed by atoms with van der Waals surface area (Å²) in [6.07, 6.45) is 2.35. The Bertz CT molecular complexity index is 347. The highest BCUT2D eigenvalue weighted by Gasteiger charge is 2.36. The van der Waals surface area contributed by atoms with Crippen LogP contribution in [0.4, 0.5) is 4.39 Å². The van der Waals surface area contributed by atoms with Crippen LogP contribution in [0.1, 0.15) is 25.3 Å². The predicted octanol–water partition coefficient (Wildman–Crippen LogP) is 3.12. The van der Waals surface area contributed by atoms with Crippen molar-refractivity contribution in [2.45, 2.75) is 31.8 Å². The van der Waals surface area contributed by atoms with Gasteiger partial charge in [0.2, 0.25) is 0 Å². The molecule has 3 heteroatoms. The van der Waals surface area contributed by atoms with Gasteiger partial charge in [0.05, 0.1) is 0 Å². The molecule has 0 unspecified atom stereocenters. The number of benzene rings is 1. The van der Waals surface area contributed by atoms with E-state index in [9.17, 15) is 4.39 Å². The summed E-state index contributed by atoms with van der Waals surface area (Å²) in [5.74, 6) is -0.189. The minimum absolute atomic E-state index is 0.189. The van der Waals surface area contributed by atoms with Crippen LogP contribution in [-0.2, 0) is 6.54 Å². The number of halogens is 2. The number of hydrogen-bond donors (Lipinski definition) is 1. The van der Waals surface area contributed by atoms with E-state index < -0.39 is 0 Å². The molecule has 0 bridgehead atoms. The molecule has 0 heterocycles. The Morgan fingerprint density at radius 2 is 2.21 bits per heavy atom. The molecule has 0 spiro atoms. The van der Waals surface area contributed by atoms with Crippen LogP contribution in [0.2, 0.25) is 5.02 Å². The zero-order chi connectivity index (χ0) is 10.2. The predicted molar refractivity (Wildman–Crippen MR) is 55.9 cm³/mol. The van der Waals surface area contributed by atoms with Crippen molar-refractivity contribution in [3.8, 4) is 0 Å². The molecular weight excluding hydrogens is 201 g/mol. The van der Waals surface area contributed by atoms with Crippen molar-refractivity contribution in [1.82, 2.24) is 5.32 Å². The van der Waals surface area contributed by atoms with Crippen molar-refractivity contribution in [3.63, 3.8) is 0 Å². The molecule has 1 saturated carbocycles. The summed E-state index contributed by atoms with van der Waals surface area (Å²) in [6.45, 7) is 2.71. The molecule has 0 atom stereocenters. The molecule has 1 aliphatic rings. The van der Waals surface area contributed by atoms with E-state index in [4.69, 9.17) is 11.6 Å². The minimum atomic E-state index is -0.189. The Hall–Kier alpha value is -0.600. The van der Waals surface area contributed by atoms with Gasteiger partial charge in [0.1, 0.15) is 5.82 Å². The maximum absolute atomic E-state index is 13.3. The zero-order valence-electron chi connectivity index (χ0n) is 8.11. The molecule has 2 rings (SSSR count). The van der Waals surface area contributed by atoms with Gasteiger partial charge in [-0.2, -0.15) is 0 Å². The fraction of sp³-hybridized carbons (Fsp3) is 0.455. The molecule has 0 saturated heterocycles. The highest BCUT2D eigenvalue weighted by molar-refractivity contribution is 6.30. The summed E-state index contributed by atoms with van der Waals surface area (Å²) in [5.41, 5.74) is 0.875. The van der Waals surface area contributed by atoms with Crippen LogP contribution in [0.5, 0.6) is 0 Å². The van der Waals surface area contributed by atoms with E-state index in [-0.39, 0.29) is 11.4 Å². The van der Waals surface area contributed by atoms with Gasteiger partial charge in [-0.05, 0) is 38.0 Å². The zero-order valence-corrected chi connectivity index (χ0v) is 8.87. The van der Waals surface area contributed by atoms with Gasteiger partial charge in [0.15, 0.2) is 0 Å². The summed E-state index contributed by atoms with van der Waals surface area (Å²) in [4.78, 5) is 0. The fourth-order valence-electron chi connectivity index (χ4n) is 1.35. The first-order chi connectivity index (χ1) is 6.59. The molecule has 1 N–H and O–H groups in total. The smallest absolute Gasteiger partial charge is 0.127 e. The van der Waals surface area contributed by atoms with Crippen LogP contribution in [-0.4, -0.2) is 5.54 Å². The lowest BCUT2D eigenvalue weighted by molar-refractivity contribution is 0.518. The van der Waals surface area contributed by atoms with Gasteiger partial charge < -0.3 is 5.32 Å². The fourth-order valence-corrected chi connectivity index (χ4v) is 1.55. The van der Waals surface area contributed by atoms with Crippen LogP contribution in [0, 0.1) is 5.82 Å². The summed E-state index contributed by atoms with van der Waals surface area (Å²) < 4.78 is 13.3. The molecule has 1 aliphatic carbocycles. The minimum Gasteiger partial charge on any atom is -0.307 e. The molecule has 14 heavy (non-hydrogen) atoms. The largest absolute Gasteiger partial charge is 0.307 e. The van der Waals surface area contributed by atoms with Crippen molar-refractivity contribution in [2.24, 2.45) is 0 Å². The third-order valence-corrected chi connectivity index (χ3v) is 2.95. The molecule has 1 nitrogen and oxygen atoms in total. The number of rotatable bonds is 3. The Morgan fingerprint density at radius 3 is 2.86 bits per heavy atom. The standard InChI is InChI=1S/C11H13ClFN/c1-11(4-5-11)14-7-8-6-9(12)2-3-10(8)13/h2-3,6,14H,4-5,7H2,1H3. The Morgan fingerprint density at radius 1 is 1.50 bits per heavy atom.